The molecule has 0 saturated heterocycles. The number of aryl methyl sites for hydroxylation is 1. The van der Waals surface area contributed by atoms with Crippen LogP contribution in [0.3, 0.4) is 0 Å². The Morgan fingerprint density at radius 3 is 2.74 bits per heavy atom. The maximum atomic E-state index is 5.38. The zero-order chi connectivity index (χ0) is 13.1. The first-order chi connectivity index (χ1) is 9.34. The molecule has 0 radical (unpaired) electrons. The molecule has 4 heteroatoms. The highest BCUT2D eigenvalue weighted by atomic mass is 32.1. The molecule has 3 aromatic rings. The molecule has 2 heterocycles. The van der Waals surface area contributed by atoms with Crippen molar-refractivity contribution in [2.75, 3.05) is 0 Å². The van der Waals surface area contributed by atoms with Crippen molar-refractivity contribution >= 4 is 23.6 Å². The van der Waals surface area contributed by atoms with Crippen molar-refractivity contribution < 1.29 is 0 Å². The predicted octanol–water partition coefficient (Wildman–Crippen LogP) is 4.52. The number of nitrogens with one attached hydrogen (secondary N) is 1. The SMILES string of the molecule is S=c1[nH]cc(-c2ccccc2)n1CCc1ccsc1. The van der Waals surface area contributed by atoms with Gasteiger partial charge in [0.05, 0.1) is 5.69 Å². The average Bonchev–Trinajstić information content (AvgIpc) is 3.07. The van der Waals surface area contributed by atoms with Crippen molar-refractivity contribution in [1.82, 2.24) is 9.55 Å². The maximum Gasteiger partial charge on any atom is 0.177 e. The van der Waals surface area contributed by atoms with E-state index < -0.39 is 0 Å². The number of hydrogen-bond donors (Lipinski definition) is 1. The van der Waals surface area contributed by atoms with E-state index in [-0.39, 0.29) is 0 Å². The van der Waals surface area contributed by atoms with Crippen molar-refractivity contribution in [3.8, 4) is 11.3 Å². The summed E-state index contributed by atoms with van der Waals surface area (Å²) in [4.78, 5) is 3.15. The Kier molecular flexibility index (Phi) is 3.62. The molecule has 1 aromatic carbocycles. The van der Waals surface area contributed by atoms with Crippen molar-refractivity contribution in [2.24, 2.45) is 0 Å². The van der Waals surface area contributed by atoms with Crippen LogP contribution in [0.5, 0.6) is 0 Å². The Balaban J connectivity index is 1.89. The smallest absolute Gasteiger partial charge is 0.177 e. The molecule has 2 nitrogen and oxygen atoms in total. The predicted molar refractivity (Wildman–Crippen MR) is 83.1 cm³/mol. The Morgan fingerprint density at radius 2 is 2.00 bits per heavy atom. The van der Waals surface area contributed by atoms with Crippen molar-refractivity contribution in [2.45, 2.75) is 13.0 Å². The van der Waals surface area contributed by atoms with Gasteiger partial charge in [-0.05, 0) is 46.6 Å². The number of aromatic nitrogens is 2. The molecule has 1 N–H and O–H groups in total. The van der Waals surface area contributed by atoms with Crippen molar-refractivity contribution in [1.29, 1.82) is 0 Å². The fraction of sp³-hybridized carbons (Fsp3) is 0.133. The molecule has 0 amide bonds. The first-order valence-electron chi connectivity index (χ1n) is 6.19. The number of benzene rings is 1. The lowest BCUT2D eigenvalue weighted by Gasteiger charge is -2.07. The van der Waals surface area contributed by atoms with Gasteiger partial charge in [0.15, 0.2) is 4.77 Å². The van der Waals surface area contributed by atoms with Crippen LogP contribution in [0.4, 0.5) is 0 Å². The number of aromatic amines is 1. The van der Waals surface area contributed by atoms with Gasteiger partial charge in [-0.25, -0.2) is 0 Å². The summed E-state index contributed by atoms with van der Waals surface area (Å²) in [5.74, 6) is 0. The number of H-pyrrole nitrogens is 1. The highest BCUT2D eigenvalue weighted by Gasteiger charge is 2.06. The summed E-state index contributed by atoms with van der Waals surface area (Å²) in [5.41, 5.74) is 3.72. The van der Waals surface area contributed by atoms with Gasteiger partial charge in [0.25, 0.3) is 0 Å². The minimum atomic E-state index is 0.786. The summed E-state index contributed by atoms with van der Waals surface area (Å²) in [5, 5.41) is 4.31. The van der Waals surface area contributed by atoms with Crippen LogP contribution in [0.15, 0.2) is 53.4 Å². The molecule has 2 aromatic heterocycles. The van der Waals surface area contributed by atoms with Gasteiger partial charge in [-0.2, -0.15) is 11.3 Å². The molecular weight excluding hydrogens is 272 g/mol. The number of imidazole rings is 1. The summed E-state index contributed by atoms with van der Waals surface area (Å²) >= 11 is 7.12. The van der Waals surface area contributed by atoms with Gasteiger partial charge in [-0.15, -0.1) is 0 Å². The Hall–Kier alpha value is -1.65. The summed E-state index contributed by atoms with van der Waals surface area (Å²) in [6, 6.07) is 12.5. The quantitative estimate of drug-likeness (QED) is 0.699. The van der Waals surface area contributed by atoms with E-state index in [0.717, 1.165) is 23.4 Å². The highest BCUT2D eigenvalue weighted by Crippen LogP contribution is 2.20. The Labute approximate surface area is 121 Å². The molecule has 19 heavy (non-hydrogen) atoms. The van der Waals surface area contributed by atoms with Gasteiger partial charge in [0.1, 0.15) is 0 Å². The molecule has 96 valence electrons. The number of thiophene rings is 1. The molecule has 0 atom stereocenters. The van der Waals surface area contributed by atoms with Gasteiger partial charge in [-0.1, -0.05) is 30.3 Å². The number of nitrogens with zero attached hydrogens (tertiary/aromatic N) is 1. The van der Waals surface area contributed by atoms with E-state index in [4.69, 9.17) is 12.2 Å². The highest BCUT2D eigenvalue weighted by molar-refractivity contribution is 7.71. The molecule has 0 aliphatic heterocycles. The first kappa shape index (κ1) is 12.4. The molecular formula is C15H14N2S2. The summed E-state index contributed by atoms with van der Waals surface area (Å²) in [6.07, 6.45) is 3.00. The van der Waals surface area contributed by atoms with Crippen LogP contribution in [0, 0.1) is 4.77 Å². The van der Waals surface area contributed by atoms with E-state index in [1.54, 1.807) is 11.3 Å². The van der Waals surface area contributed by atoms with E-state index in [0.29, 0.717) is 0 Å². The summed E-state index contributed by atoms with van der Waals surface area (Å²) in [7, 11) is 0. The van der Waals surface area contributed by atoms with Crippen LogP contribution in [0.2, 0.25) is 0 Å². The van der Waals surface area contributed by atoms with Gasteiger partial charge in [0.2, 0.25) is 0 Å². The second kappa shape index (κ2) is 5.55. The number of rotatable bonds is 4. The largest absolute Gasteiger partial charge is 0.337 e. The third kappa shape index (κ3) is 2.69. The fourth-order valence-electron chi connectivity index (χ4n) is 2.14. The van der Waals surface area contributed by atoms with Crippen LogP contribution in [0.25, 0.3) is 11.3 Å². The molecule has 3 rings (SSSR count). The molecule has 0 spiro atoms. The van der Waals surface area contributed by atoms with E-state index in [1.807, 2.05) is 12.3 Å². The normalized spacial score (nSPS) is 10.7. The van der Waals surface area contributed by atoms with Crippen LogP contribution in [-0.2, 0) is 13.0 Å². The van der Waals surface area contributed by atoms with Gasteiger partial charge in [-0.3, -0.25) is 0 Å². The molecule has 0 aliphatic rings. The molecule has 0 bridgehead atoms. The minimum Gasteiger partial charge on any atom is -0.337 e. The topological polar surface area (TPSA) is 20.7 Å². The number of hydrogen-bond acceptors (Lipinski definition) is 2. The van der Waals surface area contributed by atoms with Crippen LogP contribution < -0.4 is 0 Å². The van der Waals surface area contributed by atoms with E-state index in [1.165, 1.54) is 11.1 Å². The summed E-state index contributed by atoms with van der Waals surface area (Å²) < 4.78 is 2.96. The average molecular weight is 286 g/mol. The summed E-state index contributed by atoms with van der Waals surface area (Å²) in [6.45, 7) is 0.906. The lowest BCUT2D eigenvalue weighted by Crippen LogP contribution is -2.02. The monoisotopic (exact) mass is 286 g/mol. The van der Waals surface area contributed by atoms with E-state index >= 15 is 0 Å². The van der Waals surface area contributed by atoms with Crippen LogP contribution >= 0.6 is 23.6 Å². The molecule has 0 saturated carbocycles. The van der Waals surface area contributed by atoms with Crippen LogP contribution in [-0.4, -0.2) is 9.55 Å². The van der Waals surface area contributed by atoms with Crippen LogP contribution in [0.1, 0.15) is 5.56 Å². The maximum absolute atomic E-state index is 5.38. The zero-order valence-corrected chi connectivity index (χ0v) is 12.0. The lowest BCUT2D eigenvalue weighted by atomic mass is 10.1. The first-order valence-corrected chi connectivity index (χ1v) is 7.54. The van der Waals surface area contributed by atoms with Gasteiger partial charge in [0, 0.05) is 12.7 Å². The molecule has 0 fully saturated rings. The Bertz CT molecular complexity index is 693. The zero-order valence-electron chi connectivity index (χ0n) is 10.4. The van der Waals surface area contributed by atoms with Crippen molar-refractivity contribution in [3.63, 3.8) is 0 Å². The van der Waals surface area contributed by atoms with Gasteiger partial charge < -0.3 is 9.55 Å². The molecule has 0 unspecified atom stereocenters. The molecule has 0 aliphatic carbocycles. The van der Waals surface area contributed by atoms with E-state index in [2.05, 4.69) is 50.6 Å². The fourth-order valence-corrected chi connectivity index (χ4v) is 3.09. The second-order valence-corrected chi connectivity index (χ2v) is 5.55. The Morgan fingerprint density at radius 1 is 1.16 bits per heavy atom. The third-order valence-electron chi connectivity index (χ3n) is 3.14. The minimum absolute atomic E-state index is 0.786. The third-order valence-corrected chi connectivity index (χ3v) is 4.21. The van der Waals surface area contributed by atoms with Gasteiger partial charge >= 0.3 is 0 Å². The lowest BCUT2D eigenvalue weighted by molar-refractivity contribution is 0.694. The van der Waals surface area contributed by atoms with Crippen molar-refractivity contribution in [3.05, 3.63) is 63.7 Å². The standard InChI is InChI=1S/C15H14N2S2/c18-15-16-10-14(13-4-2-1-3-5-13)17(15)8-6-12-7-9-19-11-12/h1-5,7,9-11H,6,8H2,(H,16,18). The second-order valence-electron chi connectivity index (χ2n) is 4.38. The van der Waals surface area contributed by atoms with E-state index in [9.17, 15) is 0 Å².